The third kappa shape index (κ3) is 5.84. The molecule has 0 radical (unpaired) electrons. The summed E-state index contributed by atoms with van der Waals surface area (Å²) >= 11 is 0. The van der Waals surface area contributed by atoms with E-state index in [1.54, 1.807) is 13.2 Å². The van der Waals surface area contributed by atoms with Gasteiger partial charge in [0.25, 0.3) is 0 Å². The Labute approximate surface area is 213 Å². The molecule has 8 heteroatoms. The summed E-state index contributed by atoms with van der Waals surface area (Å²) in [6.07, 6.45) is 1.95. The van der Waals surface area contributed by atoms with Gasteiger partial charge >= 0.3 is 0 Å². The van der Waals surface area contributed by atoms with Gasteiger partial charge in [0.05, 0.1) is 12.8 Å². The van der Waals surface area contributed by atoms with Gasteiger partial charge in [0.2, 0.25) is 0 Å². The first-order valence-electron chi connectivity index (χ1n) is 11.4. The van der Waals surface area contributed by atoms with Gasteiger partial charge in [-0.1, -0.05) is 24.3 Å². The maximum absolute atomic E-state index is 10.2. The van der Waals surface area contributed by atoms with Crippen LogP contribution in [0.1, 0.15) is 18.4 Å². The van der Waals surface area contributed by atoms with Gasteiger partial charge in [-0.25, -0.2) is 0 Å². The van der Waals surface area contributed by atoms with Crippen molar-refractivity contribution in [3.8, 4) is 11.5 Å². The molecule has 2 N–H and O–H groups in total. The molecule has 2 aromatic carbocycles. The molecule has 2 aromatic rings. The molecule has 4 rings (SSSR count). The summed E-state index contributed by atoms with van der Waals surface area (Å²) < 4.78 is 11.0. The number of guanidine groups is 1. The summed E-state index contributed by atoms with van der Waals surface area (Å²) in [5, 5.41) is 13.8. The van der Waals surface area contributed by atoms with Crippen molar-refractivity contribution in [2.24, 2.45) is 4.99 Å². The number of aliphatic imine (C=N–C) groups is 1. The zero-order chi connectivity index (χ0) is 22.4. The first-order valence-corrected chi connectivity index (χ1v) is 11.4. The van der Waals surface area contributed by atoms with Crippen LogP contribution in [0.2, 0.25) is 0 Å². The first kappa shape index (κ1) is 25.4. The number of halogens is 1. The number of aromatic hydroxyl groups is 1. The number of phenolic OH excluding ortho intramolecular Hbond substituents is 1. The molecule has 2 heterocycles. The molecular formula is C25H35IN4O3. The number of para-hydroxylation sites is 2. The summed E-state index contributed by atoms with van der Waals surface area (Å²) in [7, 11) is 3.55. The number of rotatable bonds is 5. The first-order chi connectivity index (χ1) is 15.6. The number of nitrogens with one attached hydrogen (secondary N) is 1. The molecule has 33 heavy (non-hydrogen) atoms. The van der Waals surface area contributed by atoms with Crippen LogP contribution in [0.4, 0.5) is 5.69 Å². The molecule has 0 spiro atoms. The number of ether oxygens (including phenoxy) is 2. The third-order valence-corrected chi connectivity index (χ3v) is 6.75. The van der Waals surface area contributed by atoms with Gasteiger partial charge in [-0.15, -0.1) is 24.0 Å². The van der Waals surface area contributed by atoms with Crippen molar-refractivity contribution in [2.45, 2.75) is 18.3 Å². The molecule has 180 valence electrons. The quantitative estimate of drug-likeness (QED) is 0.329. The number of methoxy groups -OCH3 is 1. The predicted octanol–water partition coefficient (Wildman–Crippen LogP) is 3.46. The zero-order valence-corrected chi connectivity index (χ0v) is 21.8. The van der Waals surface area contributed by atoms with Crippen LogP contribution in [0.5, 0.6) is 11.5 Å². The van der Waals surface area contributed by atoms with E-state index < -0.39 is 0 Å². The van der Waals surface area contributed by atoms with Crippen LogP contribution in [-0.4, -0.2) is 76.1 Å². The molecule has 7 nitrogen and oxygen atoms in total. The minimum Gasteiger partial charge on any atom is -0.506 e. The van der Waals surface area contributed by atoms with Gasteiger partial charge in [-0.2, -0.15) is 0 Å². The highest BCUT2D eigenvalue weighted by molar-refractivity contribution is 14.0. The standard InChI is InChI=1S/C25H34N4O3.HI/c1-26-24(29-15-13-28(14-16-29)22-5-3-4-6-23(22)30)27-19-25(11-17-32-18-12-25)20-7-9-21(31-2)10-8-20;/h3-10,30H,11-19H2,1-2H3,(H,26,27);1H. The molecule has 0 atom stereocenters. The number of benzene rings is 2. The summed E-state index contributed by atoms with van der Waals surface area (Å²) in [5.74, 6) is 2.15. The van der Waals surface area contributed by atoms with Gasteiger partial charge < -0.3 is 29.7 Å². The number of nitrogens with zero attached hydrogens (tertiary/aromatic N) is 3. The number of hydrogen-bond donors (Lipinski definition) is 2. The van der Waals surface area contributed by atoms with Gasteiger partial charge in [-0.3, -0.25) is 4.99 Å². The van der Waals surface area contributed by atoms with E-state index in [9.17, 15) is 5.11 Å². The Morgan fingerprint density at radius 1 is 1.06 bits per heavy atom. The fourth-order valence-corrected chi connectivity index (χ4v) is 4.75. The summed E-state index contributed by atoms with van der Waals surface area (Å²) in [6, 6.07) is 16.0. The van der Waals surface area contributed by atoms with Crippen molar-refractivity contribution < 1.29 is 14.6 Å². The Balaban J connectivity index is 0.00000306. The van der Waals surface area contributed by atoms with E-state index in [0.717, 1.165) is 76.2 Å². The van der Waals surface area contributed by atoms with E-state index in [4.69, 9.17) is 9.47 Å². The molecule has 2 aliphatic rings. The van der Waals surface area contributed by atoms with Gasteiger partial charge in [0.15, 0.2) is 5.96 Å². The Bertz CT molecular complexity index is 908. The van der Waals surface area contributed by atoms with E-state index in [-0.39, 0.29) is 29.4 Å². The molecule has 2 fully saturated rings. The number of hydrogen-bond acceptors (Lipinski definition) is 5. The van der Waals surface area contributed by atoms with Crippen LogP contribution in [0, 0.1) is 0 Å². The highest BCUT2D eigenvalue weighted by Crippen LogP contribution is 2.35. The lowest BCUT2D eigenvalue weighted by molar-refractivity contribution is 0.0511. The molecule has 0 bridgehead atoms. The maximum Gasteiger partial charge on any atom is 0.193 e. The predicted molar refractivity (Wildman–Crippen MR) is 143 cm³/mol. The van der Waals surface area contributed by atoms with Crippen LogP contribution >= 0.6 is 24.0 Å². The van der Waals surface area contributed by atoms with Gasteiger partial charge in [0.1, 0.15) is 11.5 Å². The van der Waals surface area contributed by atoms with Crippen LogP contribution < -0.4 is 15.0 Å². The van der Waals surface area contributed by atoms with Gasteiger partial charge in [0, 0.05) is 58.4 Å². The molecule has 0 unspecified atom stereocenters. The van der Waals surface area contributed by atoms with Crippen molar-refractivity contribution in [1.29, 1.82) is 0 Å². The zero-order valence-electron chi connectivity index (χ0n) is 19.5. The van der Waals surface area contributed by atoms with Crippen molar-refractivity contribution in [3.05, 3.63) is 54.1 Å². The van der Waals surface area contributed by atoms with E-state index in [0.29, 0.717) is 5.75 Å². The lowest BCUT2D eigenvalue weighted by Gasteiger charge is -2.41. The van der Waals surface area contributed by atoms with E-state index in [1.165, 1.54) is 5.56 Å². The summed E-state index contributed by atoms with van der Waals surface area (Å²) in [6.45, 7) is 5.75. The van der Waals surface area contributed by atoms with Crippen molar-refractivity contribution >= 4 is 35.6 Å². The highest BCUT2D eigenvalue weighted by Gasteiger charge is 2.35. The molecular weight excluding hydrogens is 531 g/mol. The van der Waals surface area contributed by atoms with Crippen molar-refractivity contribution in [2.75, 3.05) is 65.0 Å². The van der Waals surface area contributed by atoms with Crippen molar-refractivity contribution in [3.63, 3.8) is 0 Å². The second-order valence-corrected chi connectivity index (χ2v) is 8.48. The fourth-order valence-electron chi connectivity index (χ4n) is 4.75. The van der Waals surface area contributed by atoms with Crippen LogP contribution in [0.15, 0.2) is 53.5 Å². The van der Waals surface area contributed by atoms with E-state index in [2.05, 4.69) is 32.2 Å². The van der Waals surface area contributed by atoms with Crippen LogP contribution in [0.25, 0.3) is 0 Å². The third-order valence-electron chi connectivity index (χ3n) is 6.75. The fraction of sp³-hybridized carbons (Fsp3) is 0.480. The second kappa shape index (κ2) is 11.8. The Morgan fingerprint density at radius 2 is 1.73 bits per heavy atom. The maximum atomic E-state index is 10.2. The summed E-state index contributed by atoms with van der Waals surface area (Å²) in [4.78, 5) is 9.11. The molecule has 2 aliphatic heterocycles. The summed E-state index contributed by atoms with van der Waals surface area (Å²) in [5.41, 5.74) is 2.22. The Hall–Kier alpha value is -2.20. The minimum absolute atomic E-state index is 0. The smallest absolute Gasteiger partial charge is 0.193 e. The molecule has 2 saturated heterocycles. The molecule has 0 amide bonds. The SMILES string of the molecule is CN=C(NCC1(c2ccc(OC)cc2)CCOCC1)N1CCN(c2ccccc2O)CC1.I. The molecule has 0 aromatic heterocycles. The average Bonchev–Trinajstić information content (AvgIpc) is 2.86. The Kier molecular flexibility index (Phi) is 9.08. The lowest BCUT2D eigenvalue weighted by atomic mass is 9.74. The van der Waals surface area contributed by atoms with Crippen LogP contribution in [-0.2, 0) is 10.2 Å². The highest BCUT2D eigenvalue weighted by atomic mass is 127. The monoisotopic (exact) mass is 566 g/mol. The van der Waals surface area contributed by atoms with E-state index in [1.807, 2.05) is 37.4 Å². The van der Waals surface area contributed by atoms with Gasteiger partial charge in [-0.05, 0) is 42.7 Å². The minimum atomic E-state index is 0. The number of piperazine rings is 1. The molecule has 0 saturated carbocycles. The van der Waals surface area contributed by atoms with Crippen LogP contribution in [0.3, 0.4) is 0 Å². The second-order valence-electron chi connectivity index (χ2n) is 8.48. The molecule has 0 aliphatic carbocycles. The van der Waals surface area contributed by atoms with E-state index >= 15 is 0 Å². The topological polar surface area (TPSA) is 69.6 Å². The average molecular weight is 566 g/mol. The normalized spacial score (nSPS) is 18.4. The largest absolute Gasteiger partial charge is 0.506 e. The number of phenols is 1. The van der Waals surface area contributed by atoms with Crippen molar-refractivity contribution in [1.82, 2.24) is 10.2 Å². The number of anilines is 1. The Morgan fingerprint density at radius 3 is 2.33 bits per heavy atom. The lowest BCUT2D eigenvalue weighted by Crippen LogP contribution is -2.55.